The maximum atomic E-state index is 12.9. The van der Waals surface area contributed by atoms with Gasteiger partial charge in [0.05, 0.1) is 12.1 Å². The van der Waals surface area contributed by atoms with Crippen molar-refractivity contribution in [3.05, 3.63) is 53.7 Å². The molecule has 0 saturated heterocycles. The lowest BCUT2D eigenvalue weighted by molar-refractivity contribution is 0.450. The van der Waals surface area contributed by atoms with Crippen LogP contribution in [0.15, 0.2) is 36.5 Å². The predicted octanol–water partition coefficient (Wildman–Crippen LogP) is 3.89. The number of halogens is 3. The van der Waals surface area contributed by atoms with E-state index in [1.807, 2.05) is 0 Å². The Labute approximate surface area is 102 Å². The molecule has 17 heavy (non-hydrogen) atoms. The molecule has 0 aliphatic carbocycles. The SMILES string of the molecule is Fc1cccc(Oc2ncc(F)cc2CCl)c1. The number of rotatable bonds is 3. The van der Waals surface area contributed by atoms with E-state index >= 15 is 0 Å². The Morgan fingerprint density at radius 2 is 2.00 bits per heavy atom. The molecule has 0 atom stereocenters. The van der Waals surface area contributed by atoms with Crippen LogP contribution in [-0.4, -0.2) is 4.98 Å². The fourth-order valence-electron chi connectivity index (χ4n) is 1.30. The molecule has 5 heteroatoms. The van der Waals surface area contributed by atoms with Crippen LogP contribution < -0.4 is 4.74 Å². The normalized spacial score (nSPS) is 10.3. The summed E-state index contributed by atoms with van der Waals surface area (Å²) < 4.78 is 31.2. The van der Waals surface area contributed by atoms with E-state index in [2.05, 4.69) is 4.98 Å². The van der Waals surface area contributed by atoms with Gasteiger partial charge in [-0.05, 0) is 18.2 Å². The second kappa shape index (κ2) is 5.10. The van der Waals surface area contributed by atoms with Crippen LogP contribution in [0.5, 0.6) is 11.6 Å². The Morgan fingerprint density at radius 3 is 2.71 bits per heavy atom. The lowest BCUT2D eigenvalue weighted by atomic mass is 10.3. The van der Waals surface area contributed by atoms with Gasteiger partial charge in [-0.1, -0.05) is 6.07 Å². The standard InChI is InChI=1S/C12H8ClF2NO/c13-6-8-4-10(15)7-16-12(8)17-11-3-1-2-9(14)5-11/h1-5,7H,6H2. The quantitative estimate of drug-likeness (QED) is 0.776. The van der Waals surface area contributed by atoms with E-state index in [4.69, 9.17) is 16.3 Å². The monoisotopic (exact) mass is 255 g/mol. The lowest BCUT2D eigenvalue weighted by Crippen LogP contribution is -1.94. The smallest absolute Gasteiger partial charge is 0.223 e. The molecule has 0 bridgehead atoms. The number of hydrogen-bond donors (Lipinski definition) is 0. The van der Waals surface area contributed by atoms with Gasteiger partial charge in [0.15, 0.2) is 0 Å². The molecule has 88 valence electrons. The maximum Gasteiger partial charge on any atom is 0.223 e. The molecule has 1 heterocycles. The minimum atomic E-state index is -0.493. The molecule has 1 aromatic carbocycles. The van der Waals surface area contributed by atoms with Crippen LogP contribution in [0.3, 0.4) is 0 Å². The van der Waals surface area contributed by atoms with E-state index in [0.717, 1.165) is 6.20 Å². The number of alkyl halides is 1. The first-order valence-electron chi connectivity index (χ1n) is 4.83. The van der Waals surface area contributed by atoms with Gasteiger partial charge >= 0.3 is 0 Å². The van der Waals surface area contributed by atoms with Crippen LogP contribution in [0, 0.1) is 11.6 Å². The van der Waals surface area contributed by atoms with E-state index in [9.17, 15) is 8.78 Å². The molecule has 0 spiro atoms. The van der Waals surface area contributed by atoms with Gasteiger partial charge in [0.1, 0.15) is 17.4 Å². The molecular formula is C12H8ClF2NO. The summed E-state index contributed by atoms with van der Waals surface area (Å²) in [5.41, 5.74) is 0.413. The number of aromatic nitrogens is 1. The predicted molar refractivity (Wildman–Crippen MR) is 60.2 cm³/mol. The van der Waals surface area contributed by atoms with Crippen LogP contribution >= 0.6 is 11.6 Å². The van der Waals surface area contributed by atoms with Crippen molar-refractivity contribution in [1.29, 1.82) is 0 Å². The summed E-state index contributed by atoms with van der Waals surface area (Å²) in [6.45, 7) is 0. The molecule has 0 radical (unpaired) electrons. The van der Waals surface area contributed by atoms with Crippen LogP contribution in [0.4, 0.5) is 8.78 Å². The summed E-state index contributed by atoms with van der Waals surface area (Å²) in [5.74, 6) is -0.387. The number of ether oxygens (including phenoxy) is 1. The first kappa shape index (κ1) is 11.8. The highest BCUT2D eigenvalue weighted by atomic mass is 35.5. The molecule has 0 unspecified atom stereocenters. The van der Waals surface area contributed by atoms with E-state index in [1.54, 1.807) is 6.07 Å². The number of hydrogen-bond acceptors (Lipinski definition) is 2. The van der Waals surface area contributed by atoms with E-state index in [-0.39, 0.29) is 17.5 Å². The van der Waals surface area contributed by atoms with Gasteiger partial charge in [-0.25, -0.2) is 13.8 Å². The number of nitrogens with zero attached hydrogens (tertiary/aromatic N) is 1. The van der Waals surface area contributed by atoms with Crippen LogP contribution in [0.25, 0.3) is 0 Å². The summed E-state index contributed by atoms with van der Waals surface area (Å²) >= 11 is 5.64. The van der Waals surface area contributed by atoms with Crippen LogP contribution in [-0.2, 0) is 5.88 Å². The average molecular weight is 256 g/mol. The largest absolute Gasteiger partial charge is 0.439 e. The summed E-state index contributed by atoms with van der Waals surface area (Å²) in [5, 5.41) is 0. The van der Waals surface area contributed by atoms with Crippen molar-refractivity contribution >= 4 is 11.6 Å². The number of benzene rings is 1. The fraction of sp³-hybridized carbons (Fsp3) is 0.0833. The molecular weight excluding hydrogens is 248 g/mol. The van der Waals surface area contributed by atoms with E-state index < -0.39 is 11.6 Å². The van der Waals surface area contributed by atoms with Crippen LogP contribution in [0.1, 0.15) is 5.56 Å². The molecule has 1 aromatic heterocycles. The minimum Gasteiger partial charge on any atom is -0.439 e. The van der Waals surface area contributed by atoms with Crippen molar-refractivity contribution in [2.45, 2.75) is 5.88 Å². The topological polar surface area (TPSA) is 22.1 Å². The minimum absolute atomic E-state index is 0.0649. The van der Waals surface area contributed by atoms with E-state index in [1.165, 1.54) is 24.3 Å². The maximum absolute atomic E-state index is 12.9. The molecule has 2 nitrogen and oxygen atoms in total. The van der Waals surface area contributed by atoms with Crippen molar-refractivity contribution in [3.8, 4) is 11.6 Å². The van der Waals surface area contributed by atoms with Crippen molar-refractivity contribution in [2.75, 3.05) is 0 Å². The summed E-state index contributed by atoms with van der Waals surface area (Å²) in [4.78, 5) is 3.77. The third-order valence-electron chi connectivity index (χ3n) is 2.05. The first-order valence-corrected chi connectivity index (χ1v) is 5.36. The second-order valence-electron chi connectivity index (χ2n) is 3.31. The summed E-state index contributed by atoms with van der Waals surface area (Å²) in [6, 6.07) is 6.83. The first-order chi connectivity index (χ1) is 8.19. The van der Waals surface area contributed by atoms with Gasteiger partial charge in [0.25, 0.3) is 0 Å². The molecule has 0 amide bonds. The summed E-state index contributed by atoms with van der Waals surface area (Å²) in [7, 11) is 0. The third-order valence-corrected chi connectivity index (χ3v) is 2.33. The zero-order valence-electron chi connectivity index (χ0n) is 8.66. The summed E-state index contributed by atoms with van der Waals surface area (Å²) in [6.07, 6.45) is 1.02. The van der Waals surface area contributed by atoms with Gasteiger partial charge in [-0.3, -0.25) is 0 Å². The molecule has 0 aliphatic heterocycles. The van der Waals surface area contributed by atoms with Gasteiger partial charge < -0.3 is 4.74 Å². The fourth-order valence-corrected chi connectivity index (χ4v) is 1.49. The lowest BCUT2D eigenvalue weighted by Gasteiger charge is -2.08. The molecule has 2 aromatic rings. The average Bonchev–Trinajstić information content (AvgIpc) is 2.31. The van der Waals surface area contributed by atoms with Crippen molar-refractivity contribution in [2.24, 2.45) is 0 Å². The molecule has 0 fully saturated rings. The van der Waals surface area contributed by atoms with Crippen molar-refractivity contribution in [3.63, 3.8) is 0 Å². The zero-order chi connectivity index (χ0) is 12.3. The zero-order valence-corrected chi connectivity index (χ0v) is 9.42. The Kier molecular flexibility index (Phi) is 3.54. The second-order valence-corrected chi connectivity index (χ2v) is 3.58. The highest BCUT2D eigenvalue weighted by molar-refractivity contribution is 6.17. The van der Waals surface area contributed by atoms with Crippen molar-refractivity contribution in [1.82, 2.24) is 4.98 Å². The van der Waals surface area contributed by atoms with Crippen LogP contribution in [0.2, 0.25) is 0 Å². The third kappa shape index (κ3) is 2.91. The van der Waals surface area contributed by atoms with Gasteiger partial charge in [0.2, 0.25) is 5.88 Å². The highest BCUT2D eigenvalue weighted by Gasteiger charge is 2.08. The van der Waals surface area contributed by atoms with E-state index in [0.29, 0.717) is 5.56 Å². The Bertz CT molecular complexity index is 534. The number of pyridine rings is 1. The molecule has 0 saturated carbocycles. The molecule has 0 N–H and O–H groups in total. The van der Waals surface area contributed by atoms with Crippen molar-refractivity contribution < 1.29 is 13.5 Å². The Morgan fingerprint density at radius 1 is 1.18 bits per heavy atom. The Hall–Kier alpha value is -1.68. The van der Waals surface area contributed by atoms with Gasteiger partial charge in [-0.2, -0.15) is 0 Å². The van der Waals surface area contributed by atoms with Gasteiger partial charge in [0, 0.05) is 11.6 Å². The molecule has 2 rings (SSSR count). The molecule has 0 aliphatic rings. The van der Waals surface area contributed by atoms with Gasteiger partial charge in [-0.15, -0.1) is 11.6 Å². The Balaban J connectivity index is 2.29. The highest BCUT2D eigenvalue weighted by Crippen LogP contribution is 2.25.